The van der Waals surface area contributed by atoms with Gasteiger partial charge in [-0.2, -0.15) is 4.37 Å². The lowest BCUT2D eigenvalue weighted by molar-refractivity contribution is 0.102. The maximum absolute atomic E-state index is 11.9. The molecule has 88 valence electrons. The fourth-order valence-electron chi connectivity index (χ4n) is 1.55. The quantitative estimate of drug-likeness (QED) is 0.883. The Labute approximate surface area is 105 Å². The summed E-state index contributed by atoms with van der Waals surface area (Å²) in [6.07, 6.45) is 0. The molecule has 2 rings (SSSR count). The molecule has 0 saturated carbocycles. The fraction of sp³-hybridized carbons (Fsp3) is 0.231. The zero-order valence-electron chi connectivity index (χ0n) is 10.1. The van der Waals surface area contributed by atoms with Crippen molar-refractivity contribution in [3.8, 4) is 0 Å². The number of aryl methyl sites for hydroxylation is 2. The first-order valence-corrected chi connectivity index (χ1v) is 6.16. The van der Waals surface area contributed by atoms with E-state index >= 15 is 0 Å². The second-order valence-corrected chi connectivity index (χ2v) is 5.03. The second kappa shape index (κ2) is 4.67. The lowest BCUT2D eigenvalue weighted by Gasteiger charge is -2.08. The number of hydrogen-bond donors (Lipinski definition) is 1. The van der Waals surface area contributed by atoms with Crippen LogP contribution in [0.5, 0.6) is 0 Å². The van der Waals surface area contributed by atoms with Gasteiger partial charge in [0.15, 0.2) is 0 Å². The molecular weight excluding hydrogens is 232 g/mol. The molecule has 1 heterocycles. The van der Waals surface area contributed by atoms with Gasteiger partial charge in [0.2, 0.25) is 0 Å². The Balaban J connectivity index is 2.21. The molecule has 1 amide bonds. The first-order chi connectivity index (χ1) is 8.08. The molecule has 0 aliphatic heterocycles. The summed E-state index contributed by atoms with van der Waals surface area (Å²) in [4.78, 5) is 13.0. The molecule has 0 aliphatic carbocycles. The number of carbonyl (C=O) groups is 1. The van der Waals surface area contributed by atoms with Crippen LogP contribution in [0.1, 0.15) is 26.5 Å². The molecule has 17 heavy (non-hydrogen) atoms. The number of benzene rings is 1. The molecule has 0 fully saturated rings. The lowest BCUT2D eigenvalue weighted by atomic mass is 10.1. The van der Waals surface area contributed by atoms with Crippen LogP contribution in [0.15, 0.2) is 24.3 Å². The molecule has 1 aromatic carbocycles. The first kappa shape index (κ1) is 11.8. The molecule has 0 aliphatic rings. The fourth-order valence-corrected chi connectivity index (χ4v) is 2.09. The third kappa shape index (κ3) is 2.53. The summed E-state index contributed by atoms with van der Waals surface area (Å²) in [5.74, 6) is -0.150. The highest BCUT2D eigenvalue weighted by molar-refractivity contribution is 7.05. The lowest BCUT2D eigenvalue weighted by Crippen LogP contribution is -2.13. The molecule has 0 bridgehead atoms. The minimum absolute atomic E-state index is 0.150. The first-order valence-electron chi connectivity index (χ1n) is 5.39. The highest BCUT2D eigenvalue weighted by Gasteiger charge is 2.11. The molecule has 3 nitrogen and oxygen atoms in total. The molecule has 0 radical (unpaired) electrons. The average molecular weight is 246 g/mol. The van der Waals surface area contributed by atoms with Crippen molar-refractivity contribution in [2.75, 3.05) is 5.32 Å². The number of anilines is 1. The van der Waals surface area contributed by atoms with Gasteiger partial charge in [-0.05, 0) is 55.6 Å². The van der Waals surface area contributed by atoms with Gasteiger partial charge >= 0.3 is 0 Å². The number of hydrogen-bond acceptors (Lipinski definition) is 3. The van der Waals surface area contributed by atoms with E-state index in [1.807, 2.05) is 39.0 Å². The number of amides is 1. The normalized spacial score (nSPS) is 10.3. The van der Waals surface area contributed by atoms with Crippen molar-refractivity contribution >= 4 is 23.1 Å². The van der Waals surface area contributed by atoms with Gasteiger partial charge in [-0.1, -0.05) is 12.1 Å². The highest BCUT2D eigenvalue weighted by atomic mass is 32.1. The number of nitrogens with zero attached hydrogens (tertiary/aromatic N) is 1. The molecule has 1 aromatic heterocycles. The third-order valence-corrected chi connectivity index (χ3v) is 3.41. The van der Waals surface area contributed by atoms with E-state index in [1.165, 1.54) is 11.5 Å². The maximum Gasteiger partial charge on any atom is 0.275 e. The minimum atomic E-state index is -0.150. The van der Waals surface area contributed by atoms with Crippen LogP contribution in [-0.4, -0.2) is 10.3 Å². The number of nitrogens with one attached hydrogen (secondary N) is 1. The van der Waals surface area contributed by atoms with Crippen LogP contribution in [0, 0.1) is 20.8 Å². The van der Waals surface area contributed by atoms with Gasteiger partial charge in [0.25, 0.3) is 5.91 Å². The van der Waals surface area contributed by atoms with E-state index in [9.17, 15) is 4.79 Å². The summed E-state index contributed by atoms with van der Waals surface area (Å²) >= 11 is 1.34. The summed E-state index contributed by atoms with van der Waals surface area (Å²) in [6, 6.07) is 7.66. The zero-order chi connectivity index (χ0) is 12.4. The van der Waals surface area contributed by atoms with Crippen molar-refractivity contribution in [2.24, 2.45) is 0 Å². The van der Waals surface area contributed by atoms with Crippen LogP contribution in [0.25, 0.3) is 0 Å². The summed E-state index contributed by atoms with van der Waals surface area (Å²) in [5.41, 5.74) is 3.58. The highest BCUT2D eigenvalue weighted by Crippen LogP contribution is 2.19. The molecule has 0 atom stereocenters. The van der Waals surface area contributed by atoms with Gasteiger partial charge in [-0.15, -0.1) is 0 Å². The van der Waals surface area contributed by atoms with E-state index < -0.39 is 0 Å². The molecular formula is C13H14N2OS. The summed E-state index contributed by atoms with van der Waals surface area (Å²) in [7, 11) is 0. The van der Waals surface area contributed by atoms with Gasteiger partial charge in [0.1, 0.15) is 5.69 Å². The Morgan fingerprint density at radius 3 is 2.71 bits per heavy atom. The van der Waals surface area contributed by atoms with E-state index in [-0.39, 0.29) is 5.91 Å². The van der Waals surface area contributed by atoms with Gasteiger partial charge < -0.3 is 5.32 Å². The molecule has 0 saturated heterocycles. The standard InChI is InChI=1S/C13H14N2OS/c1-8-5-4-6-11(10(8)3)14-13(16)12-7-9(2)17-15-12/h4-7H,1-3H3,(H,14,16). The third-order valence-electron chi connectivity index (χ3n) is 2.71. The van der Waals surface area contributed by atoms with Crippen molar-refractivity contribution in [2.45, 2.75) is 20.8 Å². The van der Waals surface area contributed by atoms with E-state index in [4.69, 9.17) is 0 Å². The molecule has 0 spiro atoms. The number of carbonyl (C=O) groups excluding carboxylic acids is 1. The van der Waals surface area contributed by atoms with Crippen LogP contribution >= 0.6 is 11.5 Å². The minimum Gasteiger partial charge on any atom is -0.320 e. The predicted molar refractivity (Wildman–Crippen MR) is 70.7 cm³/mol. The van der Waals surface area contributed by atoms with Crippen molar-refractivity contribution in [3.63, 3.8) is 0 Å². The van der Waals surface area contributed by atoms with Crippen molar-refractivity contribution in [1.29, 1.82) is 0 Å². The molecule has 4 heteroatoms. The van der Waals surface area contributed by atoms with Crippen LogP contribution in [0.2, 0.25) is 0 Å². The predicted octanol–water partition coefficient (Wildman–Crippen LogP) is 3.32. The van der Waals surface area contributed by atoms with E-state index in [2.05, 4.69) is 9.69 Å². The average Bonchev–Trinajstić information content (AvgIpc) is 2.72. The Kier molecular flexibility index (Phi) is 3.24. The monoisotopic (exact) mass is 246 g/mol. The smallest absolute Gasteiger partial charge is 0.275 e. The van der Waals surface area contributed by atoms with Gasteiger partial charge in [-0.3, -0.25) is 4.79 Å². The topological polar surface area (TPSA) is 42.0 Å². The van der Waals surface area contributed by atoms with Crippen molar-refractivity contribution in [3.05, 3.63) is 46.0 Å². The van der Waals surface area contributed by atoms with Crippen LogP contribution in [0.4, 0.5) is 5.69 Å². The van der Waals surface area contributed by atoms with E-state index in [0.29, 0.717) is 5.69 Å². The van der Waals surface area contributed by atoms with Gasteiger partial charge in [0, 0.05) is 10.6 Å². The van der Waals surface area contributed by atoms with Crippen molar-refractivity contribution < 1.29 is 4.79 Å². The Morgan fingerprint density at radius 1 is 1.29 bits per heavy atom. The Hall–Kier alpha value is -1.68. The van der Waals surface area contributed by atoms with Crippen LogP contribution in [0.3, 0.4) is 0 Å². The molecule has 0 unspecified atom stereocenters. The summed E-state index contributed by atoms with van der Waals surface area (Å²) in [5, 5.41) is 2.89. The Bertz CT molecular complexity index is 560. The summed E-state index contributed by atoms with van der Waals surface area (Å²) in [6.45, 7) is 5.96. The number of aromatic nitrogens is 1. The van der Waals surface area contributed by atoms with E-state index in [0.717, 1.165) is 21.7 Å². The largest absolute Gasteiger partial charge is 0.320 e. The SMILES string of the molecule is Cc1cc(C(=O)Nc2cccc(C)c2C)ns1. The Morgan fingerprint density at radius 2 is 2.06 bits per heavy atom. The van der Waals surface area contributed by atoms with E-state index in [1.54, 1.807) is 6.07 Å². The van der Waals surface area contributed by atoms with Gasteiger partial charge in [0.05, 0.1) is 0 Å². The second-order valence-electron chi connectivity index (χ2n) is 4.02. The molecule has 2 aromatic rings. The van der Waals surface area contributed by atoms with Crippen LogP contribution < -0.4 is 5.32 Å². The molecule has 1 N–H and O–H groups in total. The zero-order valence-corrected chi connectivity index (χ0v) is 10.9. The van der Waals surface area contributed by atoms with Crippen molar-refractivity contribution in [1.82, 2.24) is 4.37 Å². The maximum atomic E-state index is 11.9. The van der Waals surface area contributed by atoms with Crippen LogP contribution in [-0.2, 0) is 0 Å². The summed E-state index contributed by atoms with van der Waals surface area (Å²) < 4.78 is 4.09. The number of rotatable bonds is 2. The van der Waals surface area contributed by atoms with Gasteiger partial charge in [-0.25, -0.2) is 0 Å².